The predicted molar refractivity (Wildman–Crippen MR) is 61.3 cm³/mol. The van der Waals surface area contributed by atoms with Gasteiger partial charge >= 0.3 is 0 Å². The largest absolute Gasteiger partial charge is 0.342 e. The molecule has 0 radical (unpaired) electrons. The van der Waals surface area contributed by atoms with Crippen LogP contribution in [-0.4, -0.2) is 23.9 Å². The summed E-state index contributed by atoms with van der Waals surface area (Å²) in [6.07, 6.45) is -0.00341. The Labute approximate surface area is 100 Å². The van der Waals surface area contributed by atoms with E-state index < -0.39 is 5.79 Å². The SMILES string of the molecule is ClC[C@@H]1CO[C@@](CBr)(c2cccs2)O1. The Balaban J connectivity index is 2.20. The summed E-state index contributed by atoms with van der Waals surface area (Å²) < 4.78 is 11.5. The van der Waals surface area contributed by atoms with Crippen molar-refractivity contribution < 1.29 is 9.47 Å². The molecule has 2 heterocycles. The van der Waals surface area contributed by atoms with Crippen LogP contribution in [0.25, 0.3) is 0 Å². The third-order valence-electron chi connectivity index (χ3n) is 2.10. The number of rotatable bonds is 3. The predicted octanol–water partition coefficient (Wildman–Crippen LogP) is 2.95. The molecule has 2 rings (SSSR count). The van der Waals surface area contributed by atoms with E-state index in [1.165, 1.54) is 0 Å². The van der Waals surface area contributed by atoms with Crippen LogP contribution in [0.1, 0.15) is 4.88 Å². The second-order valence-electron chi connectivity index (χ2n) is 3.07. The van der Waals surface area contributed by atoms with E-state index in [1.807, 2.05) is 17.5 Å². The molecule has 1 aromatic heterocycles. The van der Waals surface area contributed by atoms with Crippen molar-refractivity contribution in [2.45, 2.75) is 11.9 Å². The Morgan fingerprint density at radius 1 is 1.71 bits per heavy atom. The molecule has 0 aliphatic carbocycles. The molecule has 1 aliphatic heterocycles. The third kappa shape index (κ3) is 1.86. The summed E-state index contributed by atoms with van der Waals surface area (Å²) in [6, 6.07) is 4.01. The summed E-state index contributed by atoms with van der Waals surface area (Å²) in [7, 11) is 0. The first-order chi connectivity index (χ1) is 6.80. The van der Waals surface area contributed by atoms with Gasteiger partial charge in [0.25, 0.3) is 0 Å². The molecule has 0 amide bonds. The number of alkyl halides is 2. The van der Waals surface area contributed by atoms with E-state index in [9.17, 15) is 0 Å². The summed E-state index contributed by atoms with van der Waals surface area (Å²) in [5.41, 5.74) is 0. The summed E-state index contributed by atoms with van der Waals surface area (Å²) in [4.78, 5) is 1.09. The molecule has 0 bridgehead atoms. The number of thiophene rings is 1. The van der Waals surface area contributed by atoms with Crippen molar-refractivity contribution in [2.24, 2.45) is 0 Å². The van der Waals surface area contributed by atoms with Crippen molar-refractivity contribution in [3.8, 4) is 0 Å². The van der Waals surface area contributed by atoms with E-state index in [-0.39, 0.29) is 6.10 Å². The van der Waals surface area contributed by atoms with Gasteiger partial charge in [-0.2, -0.15) is 0 Å². The highest BCUT2D eigenvalue weighted by Gasteiger charge is 2.42. The van der Waals surface area contributed by atoms with Crippen LogP contribution in [0, 0.1) is 0 Å². The third-order valence-corrected chi connectivity index (χ3v) is 4.18. The van der Waals surface area contributed by atoms with Gasteiger partial charge in [0.05, 0.1) is 28.8 Å². The van der Waals surface area contributed by atoms with E-state index in [4.69, 9.17) is 21.1 Å². The van der Waals surface area contributed by atoms with Crippen LogP contribution >= 0.6 is 38.9 Å². The maximum Gasteiger partial charge on any atom is 0.214 e. The fourth-order valence-corrected chi connectivity index (χ4v) is 3.15. The molecule has 14 heavy (non-hydrogen) atoms. The second kappa shape index (κ2) is 4.49. The van der Waals surface area contributed by atoms with Gasteiger partial charge in [0.2, 0.25) is 5.79 Å². The van der Waals surface area contributed by atoms with Gasteiger partial charge in [-0.05, 0) is 11.4 Å². The number of halogens is 2. The van der Waals surface area contributed by atoms with Crippen LogP contribution in [0.4, 0.5) is 0 Å². The minimum atomic E-state index is -0.617. The minimum absolute atomic E-state index is 0.00341. The Hall–Kier alpha value is 0.390. The highest BCUT2D eigenvalue weighted by atomic mass is 79.9. The summed E-state index contributed by atoms with van der Waals surface area (Å²) in [5, 5.41) is 2.65. The van der Waals surface area contributed by atoms with Crippen LogP contribution in [-0.2, 0) is 15.3 Å². The molecule has 1 fully saturated rings. The van der Waals surface area contributed by atoms with Gasteiger partial charge in [-0.25, -0.2) is 0 Å². The van der Waals surface area contributed by atoms with E-state index in [1.54, 1.807) is 11.3 Å². The van der Waals surface area contributed by atoms with Crippen LogP contribution < -0.4 is 0 Å². The topological polar surface area (TPSA) is 18.5 Å². The molecule has 1 saturated heterocycles. The zero-order chi connectivity index (χ0) is 10.0. The molecular formula is C9H10BrClO2S. The lowest BCUT2D eigenvalue weighted by atomic mass is 10.2. The minimum Gasteiger partial charge on any atom is -0.342 e. The lowest BCUT2D eigenvalue weighted by Gasteiger charge is -2.24. The Morgan fingerprint density at radius 3 is 3.07 bits per heavy atom. The molecule has 1 aliphatic rings. The second-order valence-corrected chi connectivity index (χ2v) is 4.89. The van der Waals surface area contributed by atoms with Gasteiger partial charge in [0, 0.05) is 0 Å². The van der Waals surface area contributed by atoms with Crippen molar-refractivity contribution in [3.05, 3.63) is 22.4 Å². The molecule has 0 aromatic carbocycles. The molecule has 78 valence electrons. The summed E-state index contributed by atoms with van der Waals surface area (Å²) in [6.45, 7) is 0.563. The Morgan fingerprint density at radius 2 is 2.57 bits per heavy atom. The maximum absolute atomic E-state index is 5.80. The summed E-state index contributed by atoms with van der Waals surface area (Å²) >= 11 is 10.8. The van der Waals surface area contributed by atoms with E-state index in [2.05, 4.69) is 15.9 Å². The highest BCUT2D eigenvalue weighted by molar-refractivity contribution is 9.09. The van der Waals surface area contributed by atoms with Crippen LogP contribution in [0.2, 0.25) is 0 Å². The van der Waals surface area contributed by atoms with Gasteiger partial charge in [-0.3, -0.25) is 0 Å². The average Bonchev–Trinajstić information content (AvgIpc) is 2.87. The number of hydrogen-bond acceptors (Lipinski definition) is 3. The smallest absolute Gasteiger partial charge is 0.214 e. The first kappa shape index (κ1) is 10.9. The molecule has 1 aromatic rings. The zero-order valence-electron chi connectivity index (χ0n) is 7.41. The van der Waals surface area contributed by atoms with Crippen LogP contribution in [0.5, 0.6) is 0 Å². The fourth-order valence-electron chi connectivity index (χ4n) is 1.40. The quantitative estimate of drug-likeness (QED) is 0.799. The van der Waals surface area contributed by atoms with Crippen LogP contribution in [0.15, 0.2) is 17.5 Å². The molecular weight excluding hydrogens is 288 g/mol. The van der Waals surface area contributed by atoms with Gasteiger partial charge in [0.1, 0.15) is 0 Å². The monoisotopic (exact) mass is 296 g/mol. The lowest BCUT2D eigenvalue weighted by Crippen LogP contribution is -2.29. The molecule has 0 N–H and O–H groups in total. The first-order valence-corrected chi connectivity index (χ1v) is 6.82. The standard InChI is InChI=1S/C9H10BrClO2S/c10-6-9(8-2-1-3-14-8)12-5-7(4-11)13-9/h1-3,7H,4-6H2/t7-,9-/m1/s1. The van der Waals surface area contributed by atoms with Crippen molar-refractivity contribution in [1.29, 1.82) is 0 Å². The normalized spacial score (nSPS) is 32.3. The maximum atomic E-state index is 5.80. The fraction of sp³-hybridized carbons (Fsp3) is 0.556. The van der Waals surface area contributed by atoms with Crippen molar-refractivity contribution >= 4 is 38.9 Å². The molecule has 5 heteroatoms. The highest BCUT2D eigenvalue weighted by Crippen LogP contribution is 2.38. The molecule has 2 nitrogen and oxygen atoms in total. The summed E-state index contributed by atoms with van der Waals surface area (Å²) in [5.74, 6) is -0.145. The number of ether oxygens (including phenoxy) is 2. The van der Waals surface area contributed by atoms with Crippen molar-refractivity contribution in [2.75, 3.05) is 17.8 Å². The first-order valence-electron chi connectivity index (χ1n) is 4.28. The lowest BCUT2D eigenvalue weighted by molar-refractivity contribution is -0.151. The van der Waals surface area contributed by atoms with Crippen molar-refractivity contribution in [3.63, 3.8) is 0 Å². The van der Waals surface area contributed by atoms with Gasteiger partial charge in [0.15, 0.2) is 0 Å². The van der Waals surface area contributed by atoms with E-state index in [0.29, 0.717) is 17.8 Å². The molecule has 0 saturated carbocycles. The Bertz CT molecular complexity index is 293. The zero-order valence-corrected chi connectivity index (χ0v) is 10.6. The van der Waals surface area contributed by atoms with Crippen molar-refractivity contribution in [1.82, 2.24) is 0 Å². The van der Waals surface area contributed by atoms with Gasteiger partial charge in [-0.15, -0.1) is 22.9 Å². The van der Waals surface area contributed by atoms with E-state index in [0.717, 1.165) is 4.88 Å². The van der Waals surface area contributed by atoms with Gasteiger partial charge < -0.3 is 9.47 Å². The average molecular weight is 298 g/mol. The van der Waals surface area contributed by atoms with Gasteiger partial charge in [-0.1, -0.05) is 22.0 Å². The van der Waals surface area contributed by atoms with Crippen LogP contribution in [0.3, 0.4) is 0 Å². The number of hydrogen-bond donors (Lipinski definition) is 0. The Kier molecular flexibility index (Phi) is 3.50. The molecule has 2 atom stereocenters. The molecule has 0 spiro atoms. The van der Waals surface area contributed by atoms with E-state index >= 15 is 0 Å². The molecule has 0 unspecified atom stereocenters.